The summed E-state index contributed by atoms with van der Waals surface area (Å²) >= 11 is 0. The van der Waals surface area contributed by atoms with Crippen LogP contribution in [0.1, 0.15) is 6.42 Å². The highest BCUT2D eigenvalue weighted by Crippen LogP contribution is 2.22. The van der Waals surface area contributed by atoms with Gasteiger partial charge in [0.2, 0.25) is 5.91 Å². The number of anilines is 2. The van der Waals surface area contributed by atoms with Crippen LogP contribution in [0.3, 0.4) is 0 Å². The van der Waals surface area contributed by atoms with Gasteiger partial charge in [-0.1, -0.05) is 24.3 Å². The van der Waals surface area contributed by atoms with Crippen molar-refractivity contribution < 1.29 is 9.53 Å². The summed E-state index contributed by atoms with van der Waals surface area (Å²) in [5, 5.41) is 3.06. The fourth-order valence-electron chi connectivity index (χ4n) is 3.59. The molecule has 6 heteroatoms. The van der Waals surface area contributed by atoms with E-state index in [2.05, 4.69) is 51.3 Å². The highest BCUT2D eigenvalue weighted by atomic mass is 16.5. The Labute approximate surface area is 174 Å². The van der Waals surface area contributed by atoms with Crippen LogP contribution in [0.25, 0.3) is 0 Å². The van der Waals surface area contributed by atoms with Crippen molar-refractivity contribution in [3.05, 3.63) is 54.6 Å². The standard InChI is InChI=1S/C23H32N4O2/c1-25(20-8-4-3-5-9-20)13-7-12-24-23(28)19-26-14-16-27(17-15-26)21-10-6-11-22(18-21)29-2/h3-6,8-11,18H,7,12-17,19H2,1-2H3,(H,24,28). The van der Waals surface area contributed by atoms with Gasteiger partial charge in [-0.3, -0.25) is 9.69 Å². The minimum Gasteiger partial charge on any atom is -0.497 e. The molecule has 29 heavy (non-hydrogen) atoms. The van der Waals surface area contributed by atoms with E-state index >= 15 is 0 Å². The van der Waals surface area contributed by atoms with Crippen LogP contribution in [0, 0.1) is 0 Å². The van der Waals surface area contributed by atoms with Gasteiger partial charge in [0.05, 0.1) is 13.7 Å². The lowest BCUT2D eigenvalue weighted by Crippen LogP contribution is -2.49. The smallest absolute Gasteiger partial charge is 0.234 e. The van der Waals surface area contributed by atoms with Crippen LogP contribution in [0.15, 0.2) is 54.6 Å². The molecular weight excluding hydrogens is 364 g/mol. The first kappa shape index (κ1) is 21.0. The summed E-state index contributed by atoms with van der Waals surface area (Å²) in [6, 6.07) is 18.5. The minimum atomic E-state index is 0.113. The monoisotopic (exact) mass is 396 g/mol. The molecule has 1 amide bonds. The predicted molar refractivity (Wildman–Crippen MR) is 119 cm³/mol. The second-order valence-corrected chi connectivity index (χ2v) is 7.43. The first-order valence-electron chi connectivity index (χ1n) is 10.3. The van der Waals surface area contributed by atoms with Crippen LogP contribution in [-0.4, -0.2) is 70.8 Å². The van der Waals surface area contributed by atoms with Crippen LogP contribution in [0.2, 0.25) is 0 Å². The van der Waals surface area contributed by atoms with Crippen LogP contribution in [-0.2, 0) is 4.79 Å². The number of carbonyl (C=O) groups is 1. The lowest BCUT2D eigenvalue weighted by molar-refractivity contribution is -0.122. The quantitative estimate of drug-likeness (QED) is 0.660. The zero-order chi connectivity index (χ0) is 20.5. The summed E-state index contributed by atoms with van der Waals surface area (Å²) in [5.74, 6) is 0.990. The largest absolute Gasteiger partial charge is 0.497 e. The number of hydrogen-bond donors (Lipinski definition) is 1. The highest BCUT2D eigenvalue weighted by molar-refractivity contribution is 5.78. The van der Waals surface area contributed by atoms with E-state index in [0.29, 0.717) is 13.1 Å². The maximum Gasteiger partial charge on any atom is 0.234 e. The number of para-hydroxylation sites is 1. The number of nitrogens with zero attached hydrogens (tertiary/aromatic N) is 3. The Kier molecular flexibility index (Phi) is 7.76. The summed E-state index contributed by atoms with van der Waals surface area (Å²) in [7, 11) is 3.77. The van der Waals surface area contributed by atoms with Gasteiger partial charge in [-0.2, -0.15) is 0 Å². The maximum atomic E-state index is 12.3. The molecular formula is C23H32N4O2. The van der Waals surface area contributed by atoms with Crippen molar-refractivity contribution in [3.8, 4) is 5.75 Å². The van der Waals surface area contributed by atoms with E-state index < -0.39 is 0 Å². The van der Waals surface area contributed by atoms with Gasteiger partial charge in [0, 0.05) is 63.8 Å². The van der Waals surface area contributed by atoms with Gasteiger partial charge in [-0.25, -0.2) is 0 Å². The number of piperazine rings is 1. The van der Waals surface area contributed by atoms with Crippen molar-refractivity contribution in [1.82, 2.24) is 10.2 Å². The van der Waals surface area contributed by atoms with Crippen LogP contribution < -0.4 is 19.9 Å². The number of carbonyl (C=O) groups excluding carboxylic acids is 1. The van der Waals surface area contributed by atoms with E-state index in [1.165, 1.54) is 11.4 Å². The van der Waals surface area contributed by atoms with Gasteiger partial charge in [0.25, 0.3) is 0 Å². The zero-order valence-electron chi connectivity index (χ0n) is 17.5. The Morgan fingerprint density at radius 3 is 2.55 bits per heavy atom. The van der Waals surface area contributed by atoms with Crippen LogP contribution in [0.5, 0.6) is 5.75 Å². The number of amides is 1. The SMILES string of the molecule is COc1cccc(N2CCN(CC(=O)NCCCN(C)c3ccccc3)CC2)c1. The van der Waals surface area contributed by atoms with Gasteiger partial charge < -0.3 is 19.9 Å². The van der Waals surface area contributed by atoms with Gasteiger partial charge in [0.15, 0.2) is 0 Å². The van der Waals surface area contributed by atoms with Crippen molar-refractivity contribution in [2.24, 2.45) is 0 Å². The van der Waals surface area contributed by atoms with E-state index in [-0.39, 0.29) is 5.91 Å². The van der Waals surface area contributed by atoms with Gasteiger partial charge >= 0.3 is 0 Å². The highest BCUT2D eigenvalue weighted by Gasteiger charge is 2.19. The normalized spacial score (nSPS) is 14.5. The summed E-state index contributed by atoms with van der Waals surface area (Å²) in [5.41, 5.74) is 2.38. The fourth-order valence-corrected chi connectivity index (χ4v) is 3.59. The molecule has 6 nitrogen and oxygen atoms in total. The molecule has 0 saturated carbocycles. The Hall–Kier alpha value is -2.73. The van der Waals surface area contributed by atoms with E-state index in [4.69, 9.17) is 4.74 Å². The Bertz CT molecular complexity index is 760. The average molecular weight is 397 g/mol. The number of benzene rings is 2. The Balaban J connectivity index is 1.32. The third-order valence-corrected chi connectivity index (χ3v) is 5.35. The molecule has 156 valence electrons. The third-order valence-electron chi connectivity index (χ3n) is 5.35. The molecule has 0 aromatic heterocycles. The molecule has 0 atom stereocenters. The predicted octanol–water partition coefficient (Wildman–Crippen LogP) is 2.46. The topological polar surface area (TPSA) is 48.1 Å². The molecule has 1 saturated heterocycles. The first-order valence-corrected chi connectivity index (χ1v) is 10.3. The molecule has 2 aromatic carbocycles. The molecule has 1 aliphatic rings. The Morgan fingerprint density at radius 2 is 1.83 bits per heavy atom. The second-order valence-electron chi connectivity index (χ2n) is 7.43. The number of hydrogen-bond acceptors (Lipinski definition) is 5. The van der Waals surface area contributed by atoms with E-state index in [9.17, 15) is 4.79 Å². The molecule has 1 fully saturated rings. The molecule has 1 heterocycles. The minimum absolute atomic E-state index is 0.113. The third kappa shape index (κ3) is 6.39. The van der Waals surface area contributed by atoms with E-state index in [1.54, 1.807) is 7.11 Å². The lowest BCUT2D eigenvalue weighted by atomic mass is 10.2. The molecule has 3 rings (SSSR count). The molecule has 0 radical (unpaired) electrons. The summed E-state index contributed by atoms with van der Waals surface area (Å²) in [4.78, 5) is 19.0. The number of ether oxygens (including phenoxy) is 1. The first-order chi connectivity index (χ1) is 14.2. The second kappa shape index (κ2) is 10.7. The molecule has 1 aliphatic heterocycles. The molecule has 0 spiro atoms. The summed E-state index contributed by atoms with van der Waals surface area (Å²) in [6.45, 7) is 5.72. The van der Waals surface area contributed by atoms with Gasteiger partial charge in [0.1, 0.15) is 5.75 Å². The maximum absolute atomic E-state index is 12.3. The van der Waals surface area contributed by atoms with Gasteiger partial charge in [-0.15, -0.1) is 0 Å². The number of nitrogens with one attached hydrogen (secondary N) is 1. The zero-order valence-corrected chi connectivity index (χ0v) is 17.5. The van der Waals surface area contributed by atoms with Crippen molar-refractivity contribution in [2.45, 2.75) is 6.42 Å². The van der Waals surface area contributed by atoms with Crippen LogP contribution in [0.4, 0.5) is 11.4 Å². The molecule has 2 aromatic rings. The lowest BCUT2D eigenvalue weighted by Gasteiger charge is -2.35. The van der Waals surface area contributed by atoms with Crippen molar-refractivity contribution in [2.75, 3.05) is 69.8 Å². The Morgan fingerprint density at radius 1 is 1.07 bits per heavy atom. The molecule has 0 aliphatic carbocycles. The number of methoxy groups -OCH3 is 1. The molecule has 1 N–H and O–H groups in total. The average Bonchev–Trinajstić information content (AvgIpc) is 2.77. The fraction of sp³-hybridized carbons (Fsp3) is 0.435. The van der Waals surface area contributed by atoms with E-state index in [0.717, 1.165) is 44.9 Å². The number of rotatable bonds is 9. The summed E-state index contributed by atoms with van der Waals surface area (Å²) < 4.78 is 5.31. The van der Waals surface area contributed by atoms with E-state index in [1.807, 2.05) is 30.3 Å². The summed E-state index contributed by atoms with van der Waals surface area (Å²) in [6.07, 6.45) is 0.931. The van der Waals surface area contributed by atoms with Crippen LogP contribution >= 0.6 is 0 Å². The van der Waals surface area contributed by atoms with Crippen molar-refractivity contribution >= 4 is 17.3 Å². The van der Waals surface area contributed by atoms with Crippen molar-refractivity contribution in [3.63, 3.8) is 0 Å². The molecule has 0 bridgehead atoms. The van der Waals surface area contributed by atoms with Gasteiger partial charge in [-0.05, 0) is 30.7 Å². The van der Waals surface area contributed by atoms with Crippen molar-refractivity contribution in [1.29, 1.82) is 0 Å². The molecule has 0 unspecified atom stereocenters.